The van der Waals surface area contributed by atoms with E-state index in [1.807, 2.05) is 18.0 Å². The molecule has 3 amide bonds. The number of hydrogen-bond donors (Lipinski definition) is 1. The molecule has 0 saturated carbocycles. The molecule has 0 radical (unpaired) electrons. The van der Waals surface area contributed by atoms with Crippen LogP contribution in [-0.4, -0.2) is 84.8 Å². The number of aldehydes is 1. The van der Waals surface area contributed by atoms with Crippen molar-refractivity contribution in [2.75, 3.05) is 61.9 Å². The summed E-state index contributed by atoms with van der Waals surface area (Å²) < 4.78 is 0. The Labute approximate surface area is 215 Å². The van der Waals surface area contributed by atoms with E-state index in [9.17, 15) is 19.6 Å². The Hall–Kier alpha value is -4.48. The van der Waals surface area contributed by atoms with Crippen molar-refractivity contribution in [3.63, 3.8) is 0 Å². The Kier molecular flexibility index (Phi) is 7.66. The van der Waals surface area contributed by atoms with E-state index < -0.39 is 6.03 Å². The molecular formula is C26H28N8O3. The number of carbonyl (C=O) groups excluding carboxylic acids is 3. The topological polar surface area (TPSA) is 126 Å². The summed E-state index contributed by atoms with van der Waals surface area (Å²) in [6.45, 7) is 2.68. The van der Waals surface area contributed by atoms with E-state index in [1.165, 1.54) is 11.1 Å². The molecule has 11 heteroatoms. The van der Waals surface area contributed by atoms with Gasteiger partial charge in [0.1, 0.15) is 23.4 Å². The molecule has 0 unspecified atom stereocenters. The molecule has 0 bridgehead atoms. The Morgan fingerprint density at radius 2 is 2.14 bits per heavy atom. The Balaban J connectivity index is 1.57. The van der Waals surface area contributed by atoms with Gasteiger partial charge >= 0.3 is 6.03 Å². The van der Waals surface area contributed by atoms with E-state index in [0.717, 1.165) is 12.1 Å². The lowest BCUT2D eigenvalue weighted by Crippen LogP contribution is -2.48. The number of nitriles is 1. The van der Waals surface area contributed by atoms with Gasteiger partial charge in [0, 0.05) is 51.1 Å². The molecule has 37 heavy (non-hydrogen) atoms. The summed E-state index contributed by atoms with van der Waals surface area (Å²) >= 11 is 0. The molecule has 0 aliphatic carbocycles. The number of hydrogen-bond acceptors (Lipinski definition) is 8. The minimum Gasteiger partial charge on any atom is -0.362 e. The fourth-order valence-corrected chi connectivity index (χ4v) is 4.50. The first-order valence-electron chi connectivity index (χ1n) is 11.9. The number of aryl methyl sites for hydroxylation is 1. The largest absolute Gasteiger partial charge is 0.362 e. The van der Waals surface area contributed by atoms with Crippen molar-refractivity contribution in [3.05, 3.63) is 40.7 Å². The first-order valence-corrected chi connectivity index (χ1v) is 11.9. The zero-order valence-corrected chi connectivity index (χ0v) is 20.9. The molecule has 11 nitrogen and oxygen atoms in total. The summed E-state index contributed by atoms with van der Waals surface area (Å²) in [6.07, 6.45) is 8.86. The van der Waals surface area contributed by atoms with Gasteiger partial charge in [-0.1, -0.05) is 5.92 Å². The number of carbonyl (C=O) groups is 3. The van der Waals surface area contributed by atoms with Crippen molar-refractivity contribution in [1.82, 2.24) is 19.8 Å². The van der Waals surface area contributed by atoms with Gasteiger partial charge in [0.25, 0.3) is 0 Å². The van der Waals surface area contributed by atoms with Crippen LogP contribution >= 0.6 is 0 Å². The van der Waals surface area contributed by atoms with Crippen molar-refractivity contribution in [3.8, 4) is 18.4 Å². The van der Waals surface area contributed by atoms with Gasteiger partial charge in [-0.15, -0.1) is 6.42 Å². The summed E-state index contributed by atoms with van der Waals surface area (Å²) in [7, 11) is 3.65. The van der Waals surface area contributed by atoms with Crippen LogP contribution in [0.2, 0.25) is 0 Å². The Morgan fingerprint density at radius 3 is 2.84 bits per heavy atom. The maximum Gasteiger partial charge on any atom is 0.328 e. The lowest BCUT2D eigenvalue weighted by Gasteiger charge is -2.33. The molecule has 2 aliphatic heterocycles. The third-order valence-electron chi connectivity index (χ3n) is 6.48. The molecule has 0 aromatic carbocycles. The van der Waals surface area contributed by atoms with Crippen LogP contribution in [0.25, 0.3) is 0 Å². The first-order chi connectivity index (χ1) is 17.8. The van der Waals surface area contributed by atoms with Crippen LogP contribution in [-0.2, 0) is 17.8 Å². The molecule has 1 saturated heterocycles. The normalized spacial score (nSPS) is 15.4. The summed E-state index contributed by atoms with van der Waals surface area (Å²) in [4.78, 5) is 53.2. The zero-order chi connectivity index (χ0) is 26.5. The average molecular weight is 501 g/mol. The summed E-state index contributed by atoms with van der Waals surface area (Å²) in [5.74, 6) is 3.21. The number of piperazine rings is 1. The third-order valence-corrected chi connectivity index (χ3v) is 6.48. The van der Waals surface area contributed by atoms with E-state index in [1.54, 1.807) is 22.9 Å². The van der Waals surface area contributed by atoms with Crippen LogP contribution in [0.3, 0.4) is 0 Å². The van der Waals surface area contributed by atoms with Gasteiger partial charge in [0.05, 0.1) is 24.3 Å². The van der Waals surface area contributed by atoms with Gasteiger partial charge in [0.15, 0.2) is 6.29 Å². The van der Waals surface area contributed by atoms with Crippen LogP contribution in [0.15, 0.2) is 18.3 Å². The smallest absolute Gasteiger partial charge is 0.328 e. The molecule has 4 heterocycles. The van der Waals surface area contributed by atoms with Gasteiger partial charge in [-0.25, -0.2) is 14.8 Å². The van der Waals surface area contributed by atoms with Crippen molar-refractivity contribution < 1.29 is 14.4 Å². The number of aromatic nitrogens is 2. The number of anilines is 3. The van der Waals surface area contributed by atoms with Crippen LogP contribution in [0.5, 0.6) is 0 Å². The fourth-order valence-electron chi connectivity index (χ4n) is 4.50. The first kappa shape index (κ1) is 25.6. The number of urea groups is 1. The van der Waals surface area contributed by atoms with Gasteiger partial charge in [-0.2, -0.15) is 5.26 Å². The minimum atomic E-state index is -0.449. The van der Waals surface area contributed by atoms with Crippen molar-refractivity contribution in [2.24, 2.45) is 0 Å². The minimum absolute atomic E-state index is 0.00602. The number of likely N-dealkylation sites (N-methyl/N-ethyl adjacent to an activating group) is 1. The number of nitrogens with one attached hydrogen (secondary N) is 1. The number of nitrogens with zero attached hydrogens (tertiary/aromatic N) is 7. The third kappa shape index (κ3) is 5.52. The van der Waals surface area contributed by atoms with E-state index in [4.69, 9.17) is 6.42 Å². The van der Waals surface area contributed by atoms with Crippen LogP contribution in [0.4, 0.5) is 22.1 Å². The monoisotopic (exact) mass is 500 g/mol. The number of rotatable bonds is 6. The maximum atomic E-state index is 13.2. The molecular weight excluding hydrogens is 472 g/mol. The number of amides is 3. The maximum absolute atomic E-state index is 13.2. The highest BCUT2D eigenvalue weighted by atomic mass is 16.2. The second-order valence-corrected chi connectivity index (χ2v) is 9.13. The van der Waals surface area contributed by atoms with Gasteiger partial charge in [0.2, 0.25) is 5.91 Å². The highest BCUT2D eigenvalue weighted by Crippen LogP contribution is 2.29. The number of terminal acetylenes is 1. The number of pyridine rings is 2. The molecule has 1 fully saturated rings. The predicted molar refractivity (Wildman–Crippen MR) is 138 cm³/mol. The predicted octanol–water partition coefficient (Wildman–Crippen LogP) is 1.49. The standard InChI is InChI=1S/C26H28N8O3/c1-4-7-32(3)22-12-23(28-14-20(22)13-27)30-26(37)34-8-5-6-18-11-19(21(17-35)29-25(18)34)15-33-10-9-31(2)16-24(33)36/h1,11-12,14,17H,5-10,15-16H2,2-3H3,(H,28,30,37). The lowest BCUT2D eigenvalue weighted by atomic mass is 10.0. The fraction of sp³-hybridized carbons (Fsp3) is 0.385. The molecule has 2 aliphatic rings. The molecule has 0 spiro atoms. The zero-order valence-electron chi connectivity index (χ0n) is 20.9. The second kappa shape index (κ2) is 11.1. The van der Waals surface area contributed by atoms with Crippen LogP contribution in [0.1, 0.15) is 33.6 Å². The summed E-state index contributed by atoms with van der Waals surface area (Å²) in [5, 5.41) is 12.2. The number of fused-ring (bicyclic) bond motifs is 1. The van der Waals surface area contributed by atoms with E-state index >= 15 is 0 Å². The summed E-state index contributed by atoms with van der Waals surface area (Å²) in [5.41, 5.74) is 2.60. The van der Waals surface area contributed by atoms with Gasteiger partial charge in [-0.05, 0) is 31.5 Å². The van der Waals surface area contributed by atoms with E-state index in [2.05, 4.69) is 27.3 Å². The van der Waals surface area contributed by atoms with Crippen LogP contribution < -0.4 is 15.1 Å². The lowest BCUT2D eigenvalue weighted by molar-refractivity contribution is -0.136. The molecule has 1 N–H and O–H groups in total. The molecule has 4 rings (SSSR count). The quantitative estimate of drug-likeness (QED) is 0.467. The highest BCUT2D eigenvalue weighted by Gasteiger charge is 2.28. The Bertz CT molecular complexity index is 1310. The molecule has 0 atom stereocenters. The van der Waals surface area contributed by atoms with Crippen molar-refractivity contribution in [1.29, 1.82) is 5.26 Å². The SMILES string of the molecule is C#CCN(C)c1cc(NC(=O)N2CCCc3cc(CN4CCN(C)CC4=O)c(C=O)nc32)ncc1C#N. The molecule has 2 aromatic rings. The van der Waals surface area contributed by atoms with E-state index in [0.29, 0.717) is 67.9 Å². The van der Waals surface area contributed by atoms with Crippen LogP contribution in [0, 0.1) is 23.7 Å². The van der Waals surface area contributed by atoms with Crippen molar-refractivity contribution in [2.45, 2.75) is 19.4 Å². The Morgan fingerprint density at radius 1 is 1.32 bits per heavy atom. The van der Waals surface area contributed by atoms with E-state index in [-0.39, 0.29) is 24.0 Å². The average Bonchev–Trinajstić information content (AvgIpc) is 2.89. The summed E-state index contributed by atoms with van der Waals surface area (Å²) in [6, 6.07) is 5.10. The second-order valence-electron chi connectivity index (χ2n) is 9.13. The highest BCUT2D eigenvalue weighted by molar-refractivity contribution is 6.02. The molecule has 2 aromatic heterocycles. The van der Waals surface area contributed by atoms with Crippen molar-refractivity contribution >= 4 is 35.5 Å². The van der Waals surface area contributed by atoms with Gasteiger partial charge in [-0.3, -0.25) is 24.7 Å². The molecule has 190 valence electrons. The van der Waals surface area contributed by atoms with Gasteiger partial charge < -0.3 is 9.80 Å².